The Kier molecular flexibility index (Phi) is 8.96. The molecule has 0 aliphatic heterocycles. The van der Waals surface area contributed by atoms with Gasteiger partial charge in [0, 0.05) is 23.6 Å². The van der Waals surface area contributed by atoms with E-state index in [9.17, 15) is 9.59 Å². The van der Waals surface area contributed by atoms with Gasteiger partial charge in [-0.05, 0) is 48.3 Å². The van der Waals surface area contributed by atoms with Crippen molar-refractivity contribution in [2.24, 2.45) is 0 Å². The van der Waals surface area contributed by atoms with E-state index in [4.69, 9.17) is 34.8 Å². The van der Waals surface area contributed by atoms with Crippen molar-refractivity contribution in [3.05, 3.63) is 68.7 Å². The van der Waals surface area contributed by atoms with Crippen LogP contribution < -0.4 is 5.32 Å². The maximum atomic E-state index is 13.0. The summed E-state index contributed by atoms with van der Waals surface area (Å²) in [6.07, 6.45) is 2.46. The van der Waals surface area contributed by atoms with E-state index >= 15 is 0 Å². The number of benzene rings is 2. The Morgan fingerprint density at radius 1 is 1.11 bits per heavy atom. The Balaban J connectivity index is 2.13. The van der Waals surface area contributed by atoms with Crippen LogP contribution in [0.5, 0.6) is 0 Å². The van der Waals surface area contributed by atoms with Crippen LogP contribution in [0.15, 0.2) is 42.5 Å². The molecule has 0 saturated heterocycles. The smallest absolute Gasteiger partial charge is 0.253 e. The molecule has 0 spiro atoms. The highest BCUT2D eigenvalue weighted by atomic mass is 35.5. The number of thioether (sulfide) groups is 1. The minimum Gasteiger partial charge on any atom is -0.340 e. The van der Waals surface area contributed by atoms with Gasteiger partial charge in [-0.15, -0.1) is 0 Å². The second kappa shape index (κ2) is 11.0. The van der Waals surface area contributed by atoms with E-state index < -0.39 is 6.04 Å². The minimum atomic E-state index is -0.660. The molecule has 0 aromatic heterocycles. The van der Waals surface area contributed by atoms with Crippen molar-refractivity contribution in [3.8, 4) is 0 Å². The van der Waals surface area contributed by atoms with Crippen LogP contribution in [0.2, 0.25) is 15.1 Å². The molecule has 0 saturated carbocycles. The van der Waals surface area contributed by atoms with E-state index in [2.05, 4.69) is 5.32 Å². The highest BCUT2D eigenvalue weighted by Gasteiger charge is 2.25. The highest BCUT2D eigenvalue weighted by Crippen LogP contribution is 2.22. The third-order valence-corrected chi connectivity index (χ3v) is 5.69. The van der Waals surface area contributed by atoms with Gasteiger partial charge in [-0.3, -0.25) is 9.59 Å². The lowest BCUT2D eigenvalue weighted by Gasteiger charge is -2.25. The van der Waals surface area contributed by atoms with Gasteiger partial charge in [-0.1, -0.05) is 53.0 Å². The first-order valence-corrected chi connectivity index (χ1v) is 11.1. The van der Waals surface area contributed by atoms with Gasteiger partial charge in [0.25, 0.3) is 5.91 Å². The van der Waals surface area contributed by atoms with E-state index in [0.29, 0.717) is 33.6 Å². The Labute approximate surface area is 184 Å². The van der Waals surface area contributed by atoms with Crippen molar-refractivity contribution in [2.75, 3.05) is 19.1 Å². The van der Waals surface area contributed by atoms with Crippen molar-refractivity contribution in [3.63, 3.8) is 0 Å². The van der Waals surface area contributed by atoms with Crippen LogP contribution in [-0.2, 0) is 11.3 Å². The predicted molar refractivity (Wildman–Crippen MR) is 119 cm³/mol. The summed E-state index contributed by atoms with van der Waals surface area (Å²) in [6.45, 7) is 0.312. The van der Waals surface area contributed by atoms with E-state index in [0.717, 1.165) is 11.3 Å². The number of hydrogen-bond donors (Lipinski definition) is 1. The standard InChI is InChI=1S/C20H21Cl3N2O2S/c1-25(12-13-7-8-14(21)11-17(13)23)20(27)18(9-10-28-2)24-19(26)15-5-3-4-6-16(15)22/h3-8,11,18H,9-10,12H2,1-2H3,(H,24,26). The molecule has 2 aromatic rings. The number of carbonyl (C=O) groups excluding carboxylic acids is 2. The van der Waals surface area contributed by atoms with Gasteiger partial charge in [-0.25, -0.2) is 0 Å². The molecule has 150 valence electrons. The van der Waals surface area contributed by atoms with Crippen LogP contribution in [0.3, 0.4) is 0 Å². The maximum Gasteiger partial charge on any atom is 0.253 e. The molecule has 0 fully saturated rings. The summed E-state index contributed by atoms with van der Waals surface area (Å²) in [5.41, 5.74) is 1.12. The average Bonchev–Trinajstić information content (AvgIpc) is 2.66. The summed E-state index contributed by atoms with van der Waals surface area (Å²) >= 11 is 19.8. The zero-order valence-electron chi connectivity index (χ0n) is 15.5. The summed E-state index contributed by atoms with van der Waals surface area (Å²) < 4.78 is 0. The topological polar surface area (TPSA) is 49.4 Å². The summed E-state index contributed by atoms with van der Waals surface area (Å²) in [4.78, 5) is 27.1. The average molecular weight is 460 g/mol. The molecule has 2 rings (SSSR count). The largest absolute Gasteiger partial charge is 0.340 e. The number of hydrogen-bond acceptors (Lipinski definition) is 3. The SMILES string of the molecule is CSCCC(NC(=O)c1ccccc1Cl)C(=O)N(C)Cc1ccc(Cl)cc1Cl. The van der Waals surface area contributed by atoms with Crippen LogP contribution in [-0.4, -0.2) is 41.8 Å². The first kappa shape index (κ1) is 22.9. The van der Waals surface area contributed by atoms with Gasteiger partial charge in [0.2, 0.25) is 5.91 Å². The van der Waals surface area contributed by atoms with Crippen LogP contribution in [0, 0.1) is 0 Å². The predicted octanol–water partition coefficient (Wildman–Crippen LogP) is 5.16. The quantitative estimate of drug-likeness (QED) is 0.593. The second-order valence-electron chi connectivity index (χ2n) is 6.22. The number of rotatable bonds is 8. The highest BCUT2D eigenvalue weighted by molar-refractivity contribution is 7.98. The Morgan fingerprint density at radius 2 is 1.82 bits per heavy atom. The first-order chi connectivity index (χ1) is 13.3. The van der Waals surface area contributed by atoms with Crippen molar-refractivity contribution in [1.82, 2.24) is 10.2 Å². The van der Waals surface area contributed by atoms with Gasteiger partial charge in [-0.2, -0.15) is 11.8 Å². The van der Waals surface area contributed by atoms with Crippen LogP contribution in [0.25, 0.3) is 0 Å². The third-order valence-electron chi connectivity index (χ3n) is 4.13. The maximum absolute atomic E-state index is 13.0. The normalized spacial score (nSPS) is 11.8. The summed E-state index contributed by atoms with van der Waals surface area (Å²) in [5.74, 6) is 0.165. The third kappa shape index (κ3) is 6.31. The van der Waals surface area contributed by atoms with Crippen molar-refractivity contribution >= 4 is 58.4 Å². The first-order valence-electron chi connectivity index (χ1n) is 8.56. The van der Waals surface area contributed by atoms with Crippen LogP contribution in [0.1, 0.15) is 22.3 Å². The van der Waals surface area contributed by atoms with Crippen LogP contribution >= 0.6 is 46.6 Å². The van der Waals surface area contributed by atoms with Crippen molar-refractivity contribution < 1.29 is 9.59 Å². The Morgan fingerprint density at radius 3 is 2.46 bits per heavy atom. The molecule has 0 radical (unpaired) electrons. The summed E-state index contributed by atoms with van der Waals surface area (Å²) in [5, 5.41) is 4.19. The Bertz CT molecular complexity index is 848. The molecule has 0 heterocycles. The van der Waals surface area contributed by atoms with E-state index in [-0.39, 0.29) is 11.8 Å². The van der Waals surface area contributed by atoms with Crippen molar-refractivity contribution in [1.29, 1.82) is 0 Å². The Hall–Kier alpha value is -1.40. The fourth-order valence-electron chi connectivity index (χ4n) is 2.62. The lowest BCUT2D eigenvalue weighted by atomic mass is 10.1. The van der Waals surface area contributed by atoms with E-state index in [1.165, 1.54) is 0 Å². The number of amides is 2. The van der Waals surface area contributed by atoms with Gasteiger partial charge >= 0.3 is 0 Å². The molecular weight excluding hydrogens is 439 g/mol. The summed E-state index contributed by atoms with van der Waals surface area (Å²) in [7, 11) is 1.68. The van der Waals surface area contributed by atoms with Gasteiger partial charge in [0.05, 0.1) is 10.6 Å². The van der Waals surface area contributed by atoms with Gasteiger partial charge < -0.3 is 10.2 Å². The van der Waals surface area contributed by atoms with Crippen molar-refractivity contribution in [2.45, 2.75) is 19.0 Å². The molecule has 0 bridgehead atoms. The number of nitrogens with zero attached hydrogens (tertiary/aromatic N) is 1. The molecule has 28 heavy (non-hydrogen) atoms. The molecule has 1 atom stereocenters. The molecule has 4 nitrogen and oxygen atoms in total. The van der Waals surface area contributed by atoms with Gasteiger partial charge in [0.15, 0.2) is 0 Å². The van der Waals surface area contributed by atoms with E-state index in [1.807, 2.05) is 6.26 Å². The molecule has 2 aromatic carbocycles. The molecule has 2 amide bonds. The van der Waals surface area contributed by atoms with E-state index in [1.54, 1.807) is 66.2 Å². The van der Waals surface area contributed by atoms with Crippen LogP contribution in [0.4, 0.5) is 0 Å². The number of carbonyl (C=O) groups is 2. The summed E-state index contributed by atoms with van der Waals surface area (Å²) in [6, 6.07) is 11.2. The molecular formula is C20H21Cl3N2O2S. The number of likely N-dealkylation sites (N-methyl/N-ethyl adjacent to an activating group) is 1. The fourth-order valence-corrected chi connectivity index (χ4v) is 3.79. The number of nitrogens with one attached hydrogen (secondary N) is 1. The monoisotopic (exact) mass is 458 g/mol. The zero-order chi connectivity index (χ0) is 20.7. The lowest BCUT2D eigenvalue weighted by Crippen LogP contribution is -2.47. The lowest BCUT2D eigenvalue weighted by molar-refractivity contribution is -0.132. The molecule has 0 aliphatic carbocycles. The molecule has 0 aliphatic rings. The second-order valence-corrected chi connectivity index (χ2v) is 8.45. The zero-order valence-corrected chi connectivity index (χ0v) is 18.6. The number of halogens is 3. The molecule has 8 heteroatoms. The minimum absolute atomic E-state index is 0.194. The fraction of sp³-hybridized carbons (Fsp3) is 0.300. The molecule has 1 unspecified atom stereocenters. The molecule has 1 N–H and O–H groups in total. The van der Waals surface area contributed by atoms with Gasteiger partial charge in [0.1, 0.15) is 6.04 Å².